The summed E-state index contributed by atoms with van der Waals surface area (Å²) in [5.41, 5.74) is 1.95. The van der Waals surface area contributed by atoms with Crippen molar-refractivity contribution in [3.05, 3.63) is 128 Å². The fraction of sp³-hybridized carbons (Fsp3) is 0.435. The van der Waals surface area contributed by atoms with Crippen molar-refractivity contribution in [2.45, 2.75) is 86.1 Å². The van der Waals surface area contributed by atoms with Gasteiger partial charge in [0.1, 0.15) is 84.7 Å². The molecule has 4 aliphatic rings. The van der Waals surface area contributed by atoms with E-state index < -0.39 is 74.3 Å². The van der Waals surface area contributed by atoms with Crippen LogP contribution < -0.4 is 9.47 Å². The van der Waals surface area contributed by atoms with Gasteiger partial charge >= 0.3 is 114 Å². The first-order valence-corrected chi connectivity index (χ1v) is 44.9. The second-order valence-electron chi connectivity index (χ2n) is 16.1. The Labute approximate surface area is 487 Å². The first-order chi connectivity index (χ1) is 33.9. The van der Waals surface area contributed by atoms with E-state index in [1.54, 1.807) is 60.7 Å². The zero-order chi connectivity index (χ0) is 51.9. The minimum atomic E-state index is -1.52. The van der Waals surface area contributed by atoms with Gasteiger partial charge in [0, 0.05) is 35.1 Å². The molecule has 8 N–H and O–H groups in total. The maximum atomic E-state index is 13.1. The standard InChI is InChI=1S/2C23H25ClO8.5HI.2V/c2*24-17-6-3-13(23-22(29)21(28)20(27)18(10-25)32-23)9-16(17)19(26)12-1-4-14(5-2-12)31-15-7-8-30-11-15;;;;;;;/h2*1-6,9,15,18,20-23,25,27-29H,7-8,10-11H2;5*1H;;/q;;;;;;;+2;+3/p-5/t2*15-,18+,20+,21-,22+,23-;;;;;;;/m00......./s1. The van der Waals surface area contributed by atoms with E-state index >= 15 is 0 Å². The van der Waals surface area contributed by atoms with Crippen LogP contribution in [0.25, 0.3) is 0 Å². The van der Waals surface area contributed by atoms with E-state index in [0.717, 1.165) is 12.8 Å². The molecule has 389 valence electrons. The second-order valence-corrected chi connectivity index (χ2v) is 64.1. The summed E-state index contributed by atoms with van der Waals surface area (Å²) in [7, 11) is 0.628. The molecule has 4 saturated heterocycles. The zero-order valence-electron chi connectivity index (χ0n) is 37.1. The van der Waals surface area contributed by atoms with Gasteiger partial charge in [-0.1, -0.05) is 35.3 Å². The molecule has 4 heterocycles. The molecule has 0 radical (unpaired) electrons. The third-order valence-electron chi connectivity index (χ3n) is 11.5. The van der Waals surface area contributed by atoms with Gasteiger partial charge in [-0.3, -0.25) is 9.59 Å². The number of hydrogen-bond donors (Lipinski definition) is 8. The van der Waals surface area contributed by atoms with Gasteiger partial charge in [0.2, 0.25) is 0 Å². The Balaban J connectivity index is 0.000000234. The molecule has 4 aromatic carbocycles. The molecule has 0 saturated carbocycles. The van der Waals surface area contributed by atoms with Gasteiger partial charge in [-0.2, -0.15) is 0 Å². The van der Waals surface area contributed by atoms with Crippen molar-refractivity contribution in [3.63, 3.8) is 0 Å². The van der Waals surface area contributed by atoms with Gasteiger partial charge in [-0.05, 0) is 83.9 Å². The fourth-order valence-electron chi connectivity index (χ4n) is 7.82. The number of halogens is 7. The molecule has 0 aliphatic carbocycles. The number of benzene rings is 4. The SMILES string of the molecule is O=C(c1ccc(O[C@H]2CCOC2)cc1)c1cc([C@@H]2O[C@H](CO)[C@@H](O)[C@H](O)[C@H]2O)ccc1Cl.O=C(c1ccc(O[C@H]2CCOC2)cc1)c1cc([C@@H]2O[C@H](CO)[C@@H](O)[C@H](O)[C@H]2O)ccc1Cl.[I][V]([I])[I].[I][V][I]. The molecule has 0 amide bonds. The quantitative estimate of drug-likeness (QED) is 0.0529. The van der Waals surface area contributed by atoms with Crippen molar-refractivity contribution in [2.24, 2.45) is 0 Å². The summed E-state index contributed by atoms with van der Waals surface area (Å²) < 4.78 is 33.4. The number of ketones is 2. The number of hydrogen-bond acceptors (Lipinski definition) is 16. The Hall–Kier alpha value is 0.739. The molecule has 0 bridgehead atoms. The van der Waals surface area contributed by atoms with Crippen molar-refractivity contribution in [1.29, 1.82) is 0 Å². The van der Waals surface area contributed by atoms with E-state index in [4.69, 9.17) is 51.6 Å². The predicted octanol–water partition coefficient (Wildman–Crippen LogP) is 6.93. The first kappa shape index (κ1) is 62.6. The van der Waals surface area contributed by atoms with Gasteiger partial charge in [-0.25, -0.2) is 0 Å². The van der Waals surface area contributed by atoms with Crippen LogP contribution in [0.3, 0.4) is 0 Å². The maximum absolute atomic E-state index is 13.1. The van der Waals surface area contributed by atoms with Crippen molar-refractivity contribution >= 4 is 135 Å². The average molecular weight is 1670 g/mol. The Bertz CT molecular complexity index is 2140. The molecule has 4 aliphatic heterocycles. The molecule has 0 aromatic heterocycles. The van der Waals surface area contributed by atoms with Crippen LogP contribution in [0.4, 0.5) is 0 Å². The van der Waals surface area contributed by atoms with Gasteiger partial charge in [0.15, 0.2) is 11.6 Å². The van der Waals surface area contributed by atoms with E-state index in [-0.39, 0.29) is 49.9 Å². The van der Waals surface area contributed by atoms with E-state index in [9.17, 15) is 50.4 Å². The molecular formula is C46H50Cl2I5O16V2. The third-order valence-corrected chi connectivity index (χ3v) is 12.2. The van der Waals surface area contributed by atoms with E-state index in [0.29, 0.717) is 69.6 Å². The van der Waals surface area contributed by atoms with Crippen molar-refractivity contribution in [3.8, 4) is 11.5 Å². The van der Waals surface area contributed by atoms with Gasteiger partial charge in [0.25, 0.3) is 0 Å². The van der Waals surface area contributed by atoms with Crippen LogP contribution in [0.2, 0.25) is 10.0 Å². The Morgan fingerprint density at radius 1 is 0.577 bits per heavy atom. The van der Waals surface area contributed by atoms with E-state index in [1.165, 1.54) is 24.3 Å². The number of aliphatic hydroxyl groups is 8. The summed E-state index contributed by atoms with van der Waals surface area (Å²) in [6.07, 6.45) is -11.4. The molecule has 71 heavy (non-hydrogen) atoms. The molecule has 0 unspecified atom stereocenters. The monoisotopic (exact) mass is 1660 g/mol. The average Bonchev–Trinajstić information content (AvgIpc) is 4.09. The van der Waals surface area contributed by atoms with Crippen LogP contribution in [0.15, 0.2) is 84.9 Å². The number of rotatable bonds is 12. The molecule has 16 nitrogen and oxygen atoms in total. The number of carbonyl (C=O) groups is 2. The summed E-state index contributed by atoms with van der Waals surface area (Å²) >= 11 is 24.7. The minimum absolute atomic E-state index is 0.00112. The normalized spacial score (nSPS) is 28.0. The fourth-order valence-corrected chi connectivity index (χ4v) is 8.23. The first-order valence-electron chi connectivity index (χ1n) is 21.6. The van der Waals surface area contributed by atoms with Crippen LogP contribution in [-0.4, -0.2) is 153 Å². The van der Waals surface area contributed by atoms with Crippen molar-refractivity contribution in [2.75, 3.05) is 39.6 Å². The van der Waals surface area contributed by atoms with Crippen molar-refractivity contribution < 1.29 is 93.2 Å². The topological polar surface area (TPSA) is 251 Å². The molecule has 0 spiro atoms. The summed E-state index contributed by atoms with van der Waals surface area (Å²) in [6.45, 7) is 1.35. The molecule has 4 fully saturated rings. The number of ether oxygens (including phenoxy) is 6. The molecular weight excluding hydrogens is 1620 g/mol. The molecule has 12 atom stereocenters. The van der Waals surface area contributed by atoms with Gasteiger partial charge in [-0.15, -0.1) is 0 Å². The van der Waals surface area contributed by atoms with Gasteiger partial charge < -0.3 is 69.3 Å². The summed E-state index contributed by atoms with van der Waals surface area (Å²) in [5.74, 6) is 0.603. The molecule has 4 aromatic rings. The summed E-state index contributed by atoms with van der Waals surface area (Å²) in [6, 6.07) is 22.5. The van der Waals surface area contributed by atoms with Crippen LogP contribution in [0.1, 0.15) is 68.0 Å². The number of carbonyl (C=O) groups excluding carboxylic acids is 2. The Morgan fingerprint density at radius 3 is 1.21 bits per heavy atom. The van der Waals surface area contributed by atoms with Crippen LogP contribution in [0, 0.1) is 0 Å². The summed E-state index contributed by atoms with van der Waals surface area (Å²) in [5, 5.41) is 80.1. The van der Waals surface area contributed by atoms with Crippen LogP contribution in [-0.2, 0) is 33.3 Å². The second kappa shape index (κ2) is 31.4. The van der Waals surface area contributed by atoms with Crippen LogP contribution >= 0.6 is 123 Å². The molecule has 25 heteroatoms. The Kier molecular flexibility index (Phi) is 27.6. The van der Waals surface area contributed by atoms with Crippen LogP contribution in [0.5, 0.6) is 11.5 Å². The third kappa shape index (κ3) is 17.9. The van der Waals surface area contributed by atoms with E-state index in [2.05, 4.69) is 99.9 Å². The Morgan fingerprint density at radius 2 is 0.915 bits per heavy atom. The predicted molar refractivity (Wildman–Crippen MR) is 298 cm³/mol. The van der Waals surface area contributed by atoms with E-state index in [1.807, 2.05) is 0 Å². The number of aliphatic hydroxyl groups excluding tert-OH is 8. The summed E-state index contributed by atoms with van der Waals surface area (Å²) in [4.78, 5) is 25.9. The van der Waals surface area contributed by atoms with Gasteiger partial charge in [0.05, 0.1) is 49.7 Å². The zero-order valence-corrected chi connectivity index (χ0v) is 52.1. The molecule has 8 rings (SSSR count). The van der Waals surface area contributed by atoms with Crippen molar-refractivity contribution in [1.82, 2.24) is 0 Å².